The summed E-state index contributed by atoms with van der Waals surface area (Å²) in [6, 6.07) is 1.25. The van der Waals surface area contributed by atoms with Crippen LogP contribution in [0.1, 0.15) is 58.1 Å². The number of hydrogen-bond acceptors (Lipinski definition) is 1. The van der Waals surface area contributed by atoms with Crippen molar-refractivity contribution < 1.29 is 18.3 Å². The second-order valence-electron chi connectivity index (χ2n) is 7.21. The van der Waals surface area contributed by atoms with Crippen molar-refractivity contribution in [2.24, 2.45) is 17.3 Å². The maximum Gasteiger partial charge on any atom is 0.134 e. The molecular weight excluding hydrogens is 277 g/mol. The summed E-state index contributed by atoms with van der Waals surface area (Å²) < 4.78 is 40.4. The minimum Gasteiger partial charge on any atom is -0.388 e. The topological polar surface area (TPSA) is 20.2 Å². The van der Waals surface area contributed by atoms with E-state index in [1.165, 1.54) is 0 Å². The molecule has 0 amide bonds. The highest BCUT2D eigenvalue weighted by molar-refractivity contribution is 5.23. The first-order valence-corrected chi connectivity index (χ1v) is 7.52. The van der Waals surface area contributed by atoms with E-state index in [9.17, 15) is 18.3 Å². The SMILES string of the molecule is CC(C)(C)C1CCC(C(O)c2c(F)cc(F)cc2F)CC1. The summed E-state index contributed by atoms with van der Waals surface area (Å²) in [5.41, 5.74) is -0.182. The average Bonchev–Trinajstić information content (AvgIpc) is 2.36. The van der Waals surface area contributed by atoms with Crippen LogP contribution in [-0.4, -0.2) is 5.11 Å². The van der Waals surface area contributed by atoms with Gasteiger partial charge in [-0.3, -0.25) is 0 Å². The molecule has 1 atom stereocenters. The Labute approximate surface area is 124 Å². The Morgan fingerprint density at radius 1 is 1.00 bits per heavy atom. The molecule has 0 radical (unpaired) electrons. The molecule has 0 bridgehead atoms. The monoisotopic (exact) mass is 300 g/mol. The van der Waals surface area contributed by atoms with Crippen LogP contribution in [-0.2, 0) is 0 Å². The van der Waals surface area contributed by atoms with E-state index in [1.807, 2.05) is 0 Å². The van der Waals surface area contributed by atoms with E-state index >= 15 is 0 Å². The summed E-state index contributed by atoms with van der Waals surface area (Å²) >= 11 is 0. The minimum atomic E-state index is -1.20. The molecule has 1 N–H and O–H groups in total. The van der Waals surface area contributed by atoms with Gasteiger partial charge in [-0.25, -0.2) is 13.2 Å². The van der Waals surface area contributed by atoms with Crippen LogP contribution in [0.2, 0.25) is 0 Å². The summed E-state index contributed by atoms with van der Waals surface area (Å²) in [5, 5.41) is 10.3. The van der Waals surface area contributed by atoms with Crippen LogP contribution in [0.5, 0.6) is 0 Å². The summed E-state index contributed by atoms with van der Waals surface area (Å²) in [4.78, 5) is 0. The van der Waals surface area contributed by atoms with Gasteiger partial charge in [0.05, 0.1) is 11.7 Å². The van der Waals surface area contributed by atoms with Crippen LogP contribution in [0.3, 0.4) is 0 Å². The van der Waals surface area contributed by atoms with Gasteiger partial charge in [-0.05, 0) is 42.9 Å². The first-order chi connectivity index (χ1) is 9.70. The Morgan fingerprint density at radius 2 is 1.48 bits per heavy atom. The molecule has 1 unspecified atom stereocenters. The Bertz CT molecular complexity index is 476. The fraction of sp³-hybridized carbons (Fsp3) is 0.647. The number of benzene rings is 1. The van der Waals surface area contributed by atoms with Crippen molar-refractivity contribution in [2.45, 2.75) is 52.6 Å². The van der Waals surface area contributed by atoms with Crippen molar-refractivity contribution in [3.63, 3.8) is 0 Å². The molecule has 1 fully saturated rings. The molecule has 0 saturated heterocycles. The second kappa shape index (κ2) is 5.99. The maximum absolute atomic E-state index is 13.7. The van der Waals surface area contributed by atoms with E-state index in [2.05, 4.69) is 20.8 Å². The van der Waals surface area contributed by atoms with Crippen LogP contribution in [0.25, 0.3) is 0 Å². The van der Waals surface area contributed by atoms with Crippen molar-refractivity contribution in [1.29, 1.82) is 0 Å². The van der Waals surface area contributed by atoms with E-state index < -0.39 is 29.1 Å². The molecule has 4 heteroatoms. The summed E-state index contributed by atoms with van der Waals surface area (Å²) in [6.45, 7) is 6.56. The lowest BCUT2D eigenvalue weighted by Gasteiger charge is -2.38. The standard InChI is InChI=1S/C17H23F3O/c1-17(2,3)11-6-4-10(5-7-11)16(21)15-13(19)8-12(18)9-14(15)20/h8-11,16,21H,4-7H2,1-3H3. The lowest BCUT2D eigenvalue weighted by Crippen LogP contribution is -2.28. The van der Waals surface area contributed by atoms with Crippen LogP contribution < -0.4 is 0 Å². The highest BCUT2D eigenvalue weighted by Gasteiger charge is 2.34. The number of aliphatic hydroxyl groups excluding tert-OH is 1. The lowest BCUT2D eigenvalue weighted by molar-refractivity contribution is 0.0482. The van der Waals surface area contributed by atoms with Gasteiger partial charge in [-0.1, -0.05) is 20.8 Å². The van der Waals surface area contributed by atoms with Crippen LogP contribution in [0.4, 0.5) is 13.2 Å². The van der Waals surface area contributed by atoms with E-state index in [0.717, 1.165) is 25.7 Å². The number of aliphatic hydroxyl groups is 1. The molecule has 1 aromatic rings. The van der Waals surface area contributed by atoms with Crippen molar-refractivity contribution >= 4 is 0 Å². The molecule has 0 heterocycles. The molecule has 21 heavy (non-hydrogen) atoms. The van der Waals surface area contributed by atoms with Gasteiger partial charge in [-0.2, -0.15) is 0 Å². The second-order valence-corrected chi connectivity index (χ2v) is 7.21. The zero-order valence-corrected chi connectivity index (χ0v) is 12.8. The first-order valence-electron chi connectivity index (χ1n) is 7.52. The fourth-order valence-corrected chi connectivity index (χ4v) is 3.37. The molecule has 1 aromatic carbocycles. The Balaban J connectivity index is 2.11. The van der Waals surface area contributed by atoms with Crippen LogP contribution in [0, 0.1) is 34.7 Å². The maximum atomic E-state index is 13.7. The molecule has 2 rings (SSSR count). The largest absolute Gasteiger partial charge is 0.388 e. The van der Waals surface area contributed by atoms with Gasteiger partial charge in [0.2, 0.25) is 0 Å². The highest BCUT2D eigenvalue weighted by Crippen LogP contribution is 2.44. The third kappa shape index (κ3) is 3.60. The summed E-state index contributed by atoms with van der Waals surface area (Å²) in [6.07, 6.45) is 2.15. The zero-order chi connectivity index (χ0) is 15.8. The fourth-order valence-electron chi connectivity index (χ4n) is 3.37. The van der Waals surface area contributed by atoms with E-state index in [4.69, 9.17) is 0 Å². The van der Waals surface area contributed by atoms with Crippen LogP contribution >= 0.6 is 0 Å². The number of rotatable bonds is 2. The first kappa shape index (κ1) is 16.3. The van der Waals surface area contributed by atoms with E-state index in [0.29, 0.717) is 18.1 Å². The quantitative estimate of drug-likeness (QED) is 0.816. The van der Waals surface area contributed by atoms with E-state index in [-0.39, 0.29) is 11.3 Å². The van der Waals surface area contributed by atoms with Gasteiger partial charge in [-0.15, -0.1) is 0 Å². The average molecular weight is 300 g/mol. The van der Waals surface area contributed by atoms with E-state index in [1.54, 1.807) is 0 Å². The predicted molar refractivity (Wildman–Crippen MR) is 76.2 cm³/mol. The molecule has 0 aromatic heterocycles. The third-order valence-electron chi connectivity index (χ3n) is 4.78. The zero-order valence-electron chi connectivity index (χ0n) is 12.8. The Morgan fingerprint density at radius 3 is 1.90 bits per heavy atom. The van der Waals surface area contributed by atoms with Crippen molar-refractivity contribution in [3.8, 4) is 0 Å². The molecule has 0 aliphatic heterocycles. The molecule has 0 spiro atoms. The van der Waals surface area contributed by atoms with Gasteiger partial charge in [0.1, 0.15) is 17.5 Å². The number of halogens is 3. The Kier molecular flexibility index (Phi) is 4.66. The predicted octanol–water partition coefficient (Wildman–Crippen LogP) is 4.99. The van der Waals surface area contributed by atoms with Gasteiger partial charge >= 0.3 is 0 Å². The van der Waals surface area contributed by atoms with Gasteiger partial charge < -0.3 is 5.11 Å². The lowest BCUT2D eigenvalue weighted by atomic mass is 9.68. The third-order valence-corrected chi connectivity index (χ3v) is 4.78. The van der Waals surface area contributed by atoms with Crippen LogP contribution in [0.15, 0.2) is 12.1 Å². The van der Waals surface area contributed by atoms with Gasteiger partial charge in [0.25, 0.3) is 0 Å². The van der Waals surface area contributed by atoms with Crippen molar-refractivity contribution in [1.82, 2.24) is 0 Å². The van der Waals surface area contributed by atoms with Crippen molar-refractivity contribution in [2.75, 3.05) is 0 Å². The van der Waals surface area contributed by atoms with Crippen molar-refractivity contribution in [3.05, 3.63) is 35.1 Å². The van der Waals surface area contributed by atoms with Gasteiger partial charge in [0.15, 0.2) is 0 Å². The molecule has 1 aliphatic carbocycles. The molecule has 1 nitrogen and oxygen atoms in total. The molecular formula is C17H23F3O. The summed E-state index contributed by atoms with van der Waals surface area (Å²) in [7, 11) is 0. The Hall–Kier alpha value is -1.03. The normalized spacial score (nSPS) is 24.9. The smallest absolute Gasteiger partial charge is 0.134 e. The minimum absolute atomic E-state index is 0.168. The van der Waals surface area contributed by atoms with Gasteiger partial charge in [0, 0.05) is 12.1 Å². The highest BCUT2D eigenvalue weighted by atomic mass is 19.1. The molecule has 1 saturated carbocycles. The molecule has 118 valence electrons. The summed E-state index contributed by atoms with van der Waals surface area (Å²) in [5.74, 6) is -2.57. The molecule has 1 aliphatic rings. The number of hydrogen-bond donors (Lipinski definition) is 1.